The highest BCUT2D eigenvalue weighted by Crippen LogP contribution is 2.28. The molecule has 1 N–H and O–H groups in total. The molecule has 1 aromatic heterocycles. The smallest absolute Gasteiger partial charge is 0.292 e. The van der Waals surface area contributed by atoms with Gasteiger partial charge in [-0.1, -0.05) is 6.92 Å². The van der Waals surface area contributed by atoms with Crippen molar-refractivity contribution in [3.05, 3.63) is 57.4 Å². The fourth-order valence-corrected chi connectivity index (χ4v) is 2.28. The van der Waals surface area contributed by atoms with Crippen LogP contribution >= 0.6 is 0 Å². The molecule has 2 rings (SSSR count). The van der Waals surface area contributed by atoms with E-state index < -0.39 is 0 Å². The summed E-state index contributed by atoms with van der Waals surface area (Å²) in [6.07, 6.45) is 5.20. The van der Waals surface area contributed by atoms with Crippen molar-refractivity contribution in [1.29, 1.82) is 0 Å². The first-order chi connectivity index (χ1) is 10.0. The second kappa shape index (κ2) is 6.43. The summed E-state index contributed by atoms with van der Waals surface area (Å²) in [5, 5.41) is 14.3. The van der Waals surface area contributed by atoms with Gasteiger partial charge in [-0.2, -0.15) is 0 Å². The monoisotopic (exact) mass is 287 g/mol. The van der Waals surface area contributed by atoms with Crippen LogP contribution in [0.5, 0.6) is 0 Å². The van der Waals surface area contributed by atoms with Crippen molar-refractivity contribution in [3.8, 4) is 0 Å². The Morgan fingerprint density at radius 3 is 2.67 bits per heavy atom. The number of nitro groups is 1. The number of hydrogen-bond acceptors (Lipinski definition) is 3. The lowest BCUT2D eigenvalue weighted by molar-refractivity contribution is -0.384. The van der Waals surface area contributed by atoms with Gasteiger partial charge in [0.25, 0.3) is 5.69 Å². The molecule has 21 heavy (non-hydrogen) atoms. The molecule has 0 saturated carbocycles. The fraction of sp³-hybridized carbons (Fsp3) is 0.375. The van der Waals surface area contributed by atoms with Gasteiger partial charge in [-0.25, -0.2) is 0 Å². The lowest BCUT2D eigenvalue weighted by Crippen LogP contribution is -2.03. The van der Waals surface area contributed by atoms with E-state index in [4.69, 9.17) is 0 Å². The van der Waals surface area contributed by atoms with Crippen molar-refractivity contribution in [1.82, 2.24) is 4.57 Å². The molecule has 0 aliphatic carbocycles. The third-order valence-electron chi connectivity index (χ3n) is 3.59. The minimum Gasteiger partial charge on any atom is -0.375 e. The zero-order valence-electron chi connectivity index (χ0n) is 12.7. The Bertz CT molecular complexity index is 647. The molecule has 1 aromatic carbocycles. The van der Waals surface area contributed by atoms with Gasteiger partial charge in [0.1, 0.15) is 5.69 Å². The van der Waals surface area contributed by atoms with Crippen LogP contribution in [-0.2, 0) is 13.1 Å². The van der Waals surface area contributed by atoms with Crippen molar-refractivity contribution in [2.75, 3.05) is 5.32 Å². The number of benzene rings is 1. The van der Waals surface area contributed by atoms with Crippen molar-refractivity contribution in [3.63, 3.8) is 0 Å². The maximum Gasteiger partial charge on any atom is 0.292 e. The van der Waals surface area contributed by atoms with Crippen LogP contribution in [0.1, 0.15) is 30.0 Å². The highest BCUT2D eigenvalue weighted by Gasteiger charge is 2.15. The first kappa shape index (κ1) is 15.1. The summed E-state index contributed by atoms with van der Waals surface area (Å²) in [7, 11) is 0. The van der Waals surface area contributed by atoms with Crippen LogP contribution < -0.4 is 5.32 Å². The van der Waals surface area contributed by atoms with Gasteiger partial charge >= 0.3 is 0 Å². The van der Waals surface area contributed by atoms with Crippen LogP contribution in [0.2, 0.25) is 0 Å². The molecular weight excluding hydrogens is 266 g/mol. The zero-order chi connectivity index (χ0) is 15.4. The normalized spacial score (nSPS) is 10.6. The number of nitro benzene ring substituents is 1. The number of anilines is 1. The summed E-state index contributed by atoms with van der Waals surface area (Å²) in [6, 6.07) is 5.51. The van der Waals surface area contributed by atoms with E-state index in [1.54, 1.807) is 6.07 Å². The molecule has 0 aliphatic heterocycles. The summed E-state index contributed by atoms with van der Waals surface area (Å²) in [5.74, 6) is 0. The molecule has 0 amide bonds. The van der Waals surface area contributed by atoms with Crippen LogP contribution in [0.3, 0.4) is 0 Å². The first-order valence-corrected chi connectivity index (χ1v) is 7.15. The van der Waals surface area contributed by atoms with E-state index >= 15 is 0 Å². The SMILES string of the molecule is CCCn1ccc(CNc2cc(C)c(C)cc2[N+](=O)[O-])c1. The number of nitrogens with zero attached hydrogens (tertiary/aromatic N) is 2. The maximum atomic E-state index is 11.1. The maximum absolute atomic E-state index is 11.1. The average Bonchev–Trinajstić information content (AvgIpc) is 2.87. The molecule has 0 fully saturated rings. The Labute approximate surface area is 124 Å². The van der Waals surface area contributed by atoms with E-state index in [0.29, 0.717) is 12.2 Å². The second-order valence-corrected chi connectivity index (χ2v) is 5.32. The number of aryl methyl sites for hydroxylation is 3. The predicted molar refractivity (Wildman–Crippen MR) is 84.6 cm³/mol. The van der Waals surface area contributed by atoms with E-state index in [1.165, 1.54) is 0 Å². The molecule has 5 nitrogen and oxygen atoms in total. The molecular formula is C16H21N3O2. The number of hydrogen-bond donors (Lipinski definition) is 1. The Kier molecular flexibility index (Phi) is 4.62. The molecule has 112 valence electrons. The molecule has 0 atom stereocenters. The van der Waals surface area contributed by atoms with E-state index in [-0.39, 0.29) is 10.6 Å². The third kappa shape index (κ3) is 3.62. The van der Waals surface area contributed by atoms with Crippen LogP contribution in [0.4, 0.5) is 11.4 Å². The Hall–Kier alpha value is -2.30. The van der Waals surface area contributed by atoms with Gasteiger partial charge in [-0.05, 0) is 49.1 Å². The molecule has 1 heterocycles. The average molecular weight is 287 g/mol. The number of nitrogens with one attached hydrogen (secondary N) is 1. The highest BCUT2D eigenvalue weighted by molar-refractivity contribution is 5.64. The van der Waals surface area contributed by atoms with Crippen LogP contribution in [-0.4, -0.2) is 9.49 Å². The quantitative estimate of drug-likeness (QED) is 0.644. The minimum absolute atomic E-state index is 0.131. The summed E-state index contributed by atoms with van der Waals surface area (Å²) in [5.41, 5.74) is 3.81. The van der Waals surface area contributed by atoms with Gasteiger partial charge < -0.3 is 9.88 Å². The van der Waals surface area contributed by atoms with Crippen LogP contribution in [0, 0.1) is 24.0 Å². The Morgan fingerprint density at radius 2 is 2.00 bits per heavy atom. The summed E-state index contributed by atoms with van der Waals surface area (Å²) in [6.45, 7) is 7.55. The van der Waals surface area contributed by atoms with Gasteiger partial charge in [0.2, 0.25) is 0 Å². The van der Waals surface area contributed by atoms with Crippen molar-refractivity contribution in [2.24, 2.45) is 0 Å². The van der Waals surface area contributed by atoms with E-state index in [0.717, 1.165) is 29.7 Å². The molecule has 2 aromatic rings. The van der Waals surface area contributed by atoms with Crippen LogP contribution in [0.25, 0.3) is 0 Å². The van der Waals surface area contributed by atoms with Crippen molar-refractivity contribution >= 4 is 11.4 Å². The third-order valence-corrected chi connectivity index (χ3v) is 3.59. The molecule has 0 aliphatic rings. The lowest BCUT2D eigenvalue weighted by Gasteiger charge is -2.09. The van der Waals surface area contributed by atoms with E-state index in [9.17, 15) is 10.1 Å². The van der Waals surface area contributed by atoms with Gasteiger partial charge in [0.15, 0.2) is 0 Å². The second-order valence-electron chi connectivity index (χ2n) is 5.32. The van der Waals surface area contributed by atoms with Crippen LogP contribution in [0.15, 0.2) is 30.6 Å². The highest BCUT2D eigenvalue weighted by atomic mass is 16.6. The van der Waals surface area contributed by atoms with Crippen molar-refractivity contribution < 1.29 is 4.92 Å². The van der Waals surface area contributed by atoms with Gasteiger partial charge in [0.05, 0.1) is 4.92 Å². The van der Waals surface area contributed by atoms with Crippen molar-refractivity contribution in [2.45, 2.75) is 40.3 Å². The number of aromatic nitrogens is 1. The molecule has 0 bridgehead atoms. The number of rotatable bonds is 6. The molecule has 0 radical (unpaired) electrons. The standard InChI is InChI=1S/C16H21N3O2/c1-4-6-18-7-5-14(11-18)10-17-15-8-12(2)13(3)9-16(15)19(20)21/h5,7-9,11,17H,4,6,10H2,1-3H3. The molecule has 0 unspecified atom stereocenters. The van der Waals surface area contributed by atoms with E-state index in [2.05, 4.69) is 23.0 Å². The zero-order valence-corrected chi connectivity index (χ0v) is 12.7. The van der Waals surface area contributed by atoms with E-state index in [1.807, 2.05) is 32.2 Å². The Balaban J connectivity index is 2.15. The Morgan fingerprint density at radius 1 is 1.29 bits per heavy atom. The minimum atomic E-state index is -0.336. The molecule has 0 saturated heterocycles. The largest absolute Gasteiger partial charge is 0.375 e. The lowest BCUT2D eigenvalue weighted by atomic mass is 10.1. The summed E-state index contributed by atoms with van der Waals surface area (Å²) in [4.78, 5) is 10.8. The first-order valence-electron chi connectivity index (χ1n) is 7.15. The molecule has 0 spiro atoms. The van der Waals surface area contributed by atoms with Gasteiger partial charge in [0, 0.05) is 31.5 Å². The van der Waals surface area contributed by atoms with Gasteiger partial charge in [-0.15, -0.1) is 0 Å². The topological polar surface area (TPSA) is 60.1 Å². The predicted octanol–water partition coefficient (Wildman–Crippen LogP) is 4.04. The van der Waals surface area contributed by atoms with Gasteiger partial charge in [-0.3, -0.25) is 10.1 Å². The summed E-state index contributed by atoms with van der Waals surface area (Å²) < 4.78 is 2.13. The molecule has 5 heteroatoms. The fourth-order valence-electron chi connectivity index (χ4n) is 2.28. The summed E-state index contributed by atoms with van der Waals surface area (Å²) >= 11 is 0.